The fourth-order valence-electron chi connectivity index (χ4n) is 2.02. The number of nitrogens with zero attached hydrogens (tertiary/aromatic N) is 4. The van der Waals surface area contributed by atoms with Crippen LogP contribution >= 0.6 is 0 Å². The van der Waals surface area contributed by atoms with Gasteiger partial charge >= 0.3 is 0 Å². The molecule has 0 spiro atoms. The van der Waals surface area contributed by atoms with Gasteiger partial charge < -0.3 is 9.67 Å². The third kappa shape index (κ3) is 1.76. The molecule has 0 aliphatic carbocycles. The number of hydrogen-bond donors (Lipinski definition) is 2. The Kier molecular flexibility index (Phi) is 2.56. The Morgan fingerprint density at radius 3 is 2.94 bits per heavy atom. The van der Waals surface area contributed by atoms with Crippen molar-refractivity contribution in [3.8, 4) is 0 Å². The molecular weight excluding hydrogens is 230 g/mol. The highest BCUT2D eigenvalue weighted by Crippen LogP contribution is 2.18. The maximum Gasteiger partial charge on any atom is 0.153 e. The highest BCUT2D eigenvalue weighted by molar-refractivity contribution is 5.75. The summed E-state index contributed by atoms with van der Waals surface area (Å²) in [5.74, 6) is 1.28. The molecule has 92 valence electrons. The minimum Gasteiger partial charge on any atom is -0.385 e. The second-order valence-corrected chi connectivity index (χ2v) is 4.17. The van der Waals surface area contributed by atoms with E-state index >= 15 is 0 Å². The van der Waals surface area contributed by atoms with Gasteiger partial charge in [0, 0.05) is 13.5 Å². The van der Waals surface area contributed by atoms with Gasteiger partial charge in [0.2, 0.25) is 0 Å². The van der Waals surface area contributed by atoms with E-state index in [1.54, 1.807) is 0 Å². The Hall–Kier alpha value is -2.21. The van der Waals surface area contributed by atoms with Crippen molar-refractivity contribution >= 4 is 11.0 Å². The first kappa shape index (κ1) is 10.9. The molecule has 1 unspecified atom stereocenters. The number of aliphatic hydroxyl groups excluding tert-OH is 1. The fourth-order valence-corrected chi connectivity index (χ4v) is 2.02. The van der Waals surface area contributed by atoms with Gasteiger partial charge in [0.25, 0.3) is 0 Å². The predicted molar refractivity (Wildman–Crippen MR) is 65.8 cm³/mol. The summed E-state index contributed by atoms with van der Waals surface area (Å²) in [5, 5.41) is 16.4. The summed E-state index contributed by atoms with van der Waals surface area (Å²) in [6.45, 7) is 0. The zero-order valence-corrected chi connectivity index (χ0v) is 9.91. The summed E-state index contributed by atoms with van der Waals surface area (Å²) in [4.78, 5) is 8.45. The van der Waals surface area contributed by atoms with Crippen molar-refractivity contribution in [2.75, 3.05) is 0 Å². The summed E-state index contributed by atoms with van der Waals surface area (Å²) >= 11 is 0. The number of nitrogens with one attached hydrogen (secondary N) is 1. The molecule has 0 saturated carbocycles. The number of benzene rings is 1. The Bertz CT molecular complexity index is 658. The lowest BCUT2D eigenvalue weighted by molar-refractivity contribution is 0.165. The zero-order chi connectivity index (χ0) is 12.5. The van der Waals surface area contributed by atoms with E-state index in [4.69, 9.17) is 0 Å². The highest BCUT2D eigenvalue weighted by atomic mass is 16.3. The fraction of sp³-hybridized carbons (Fsp3) is 0.250. The van der Waals surface area contributed by atoms with Gasteiger partial charge in [-0.05, 0) is 12.1 Å². The minimum absolute atomic E-state index is 0.403. The molecule has 3 aromatic rings. The molecule has 0 radical (unpaired) electrons. The van der Waals surface area contributed by atoms with Crippen LogP contribution in [-0.4, -0.2) is 29.8 Å². The molecule has 2 aromatic heterocycles. The Labute approximate surface area is 103 Å². The van der Waals surface area contributed by atoms with Crippen LogP contribution in [0.15, 0.2) is 30.6 Å². The molecule has 0 saturated heterocycles. The van der Waals surface area contributed by atoms with Crippen LogP contribution in [-0.2, 0) is 13.5 Å². The summed E-state index contributed by atoms with van der Waals surface area (Å²) in [6.07, 6.45) is 1.07. The van der Waals surface area contributed by atoms with Gasteiger partial charge in [0.15, 0.2) is 5.82 Å². The molecule has 0 fully saturated rings. The van der Waals surface area contributed by atoms with Crippen molar-refractivity contribution in [2.45, 2.75) is 12.5 Å². The number of hydrogen-bond acceptors (Lipinski definition) is 4. The second kappa shape index (κ2) is 4.23. The van der Waals surface area contributed by atoms with E-state index in [1.807, 2.05) is 35.9 Å². The molecule has 1 atom stereocenters. The average Bonchev–Trinajstić information content (AvgIpc) is 3.00. The van der Waals surface area contributed by atoms with E-state index in [-0.39, 0.29) is 0 Å². The van der Waals surface area contributed by atoms with Gasteiger partial charge in [0.05, 0.1) is 11.0 Å². The van der Waals surface area contributed by atoms with E-state index in [1.165, 1.54) is 6.33 Å². The predicted octanol–water partition coefficient (Wildman–Crippen LogP) is 0.967. The number of fused-ring (bicyclic) bond motifs is 1. The molecule has 0 aliphatic rings. The van der Waals surface area contributed by atoms with Crippen LogP contribution in [0, 0.1) is 0 Å². The topological polar surface area (TPSA) is 79.6 Å². The Balaban J connectivity index is 1.93. The lowest BCUT2D eigenvalue weighted by Gasteiger charge is -2.07. The third-order valence-corrected chi connectivity index (χ3v) is 3.00. The summed E-state index contributed by atoms with van der Waals surface area (Å²) in [6, 6.07) is 7.89. The number of aromatic amines is 1. The van der Waals surface area contributed by atoms with E-state index in [2.05, 4.69) is 20.2 Å². The minimum atomic E-state index is -0.719. The molecule has 18 heavy (non-hydrogen) atoms. The monoisotopic (exact) mass is 243 g/mol. The smallest absolute Gasteiger partial charge is 0.153 e. The number of para-hydroxylation sites is 2. The van der Waals surface area contributed by atoms with E-state index in [0.29, 0.717) is 12.2 Å². The molecule has 0 bridgehead atoms. The van der Waals surface area contributed by atoms with Crippen LogP contribution in [0.3, 0.4) is 0 Å². The van der Waals surface area contributed by atoms with Crippen LogP contribution in [0.4, 0.5) is 0 Å². The maximum atomic E-state index is 10.0. The third-order valence-electron chi connectivity index (χ3n) is 3.00. The molecular formula is C12H13N5O. The van der Waals surface area contributed by atoms with Gasteiger partial charge in [-0.2, -0.15) is 5.10 Å². The largest absolute Gasteiger partial charge is 0.385 e. The first-order valence-corrected chi connectivity index (χ1v) is 5.69. The number of imidazole rings is 1. The molecule has 2 N–H and O–H groups in total. The maximum absolute atomic E-state index is 10.0. The Morgan fingerprint density at radius 1 is 1.39 bits per heavy atom. The molecule has 3 rings (SSSR count). The molecule has 0 aliphatic heterocycles. The molecule has 2 heterocycles. The van der Waals surface area contributed by atoms with E-state index in [9.17, 15) is 5.11 Å². The number of aliphatic hydroxyl groups is 1. The molecule has 1 aromatic carbocycles. The molecule has 0 amide bonds. The number of aryl methyl sites for hydroxylation is 1. The van der Waals surface area contributed by atoms with E-state index in [0.717, 1.165) is 16.9 Å². The van der Waals surface area contributed by atoms with Gasteiger partial charge in [0.1, 0.15) is 18.3 Å². The van der Waals surface area contributed by atoms with Crippen molar-refractivity contribution in [1.82, 2.24) is 24.7 Å². The number of H-pyrrole nitrogens is 1. The van der Waals surface area contributed by atoms with Crippen molar-refractivity contribution in [3.05, 3.63) is 42.2 Å². The highest BCUT2D eigenvalue weighted by Gasteiger charge is 2.15. The quantitative estimate of drug-likeness (QED) is 0.718. The van der Waals surface area contributed by atoms with Crippen LogP contribution in [0.5, 0.6) is 0 Å². The van der Waals surface area contributed by atoms with Gasteiger partial charge in [-0.25, -0.2) is 9.97 Å². The van der Waals surface area contributed by atoms with Crippen molar-refractivity contribution in [1.29, 1.82) is 0 Å². The first-order valence-electron chi connectivity index (χ1n) is 5.69. The normalized spacial score (nSPS) is 13.0. The van der Waals surface area contributed by atoms with E-state index < -0.39 is 6.10 Å². The zero-order valence-electron chi connectivity index (χ0n) is 9.91. The lowest BCUT2D eigenvalue weighted by atomic mass is 10.2. The van der Waals surface area contributed by atoms with Gasteiger partial charge in [-0.15, -0.1) is 0 Å². The van der Waals surface area contributed by atoms with Crippen molar-refractivity contribution in [2.24, 2.45) is 7.05 Å². The first-order chi connectivity index (χ1) is 8.75. The molecule has 6 nitrogen and oxygen atoms in total. The summed E-state index contributed by atoms with van der Waals surface area (Å²) in [7, 11) is 1.94. The number of aromatic nitrogens is 5. The number of rotatable bonds is 3. The van der Waals surface area contributed by atoms with Crippen LogP contribution < -0.4 is 0 Å². The standard InChI is InChI=1S/C12H13N5O/c1-17-9-5-3-2-4-8(9)15-11(17)6-10(18)12-13-7-14-16-12/h2-5,7,10,18H,6H2,1H3,(H,13,14,16). The second-order valence-electron chi connectivity index (χ2n) is 4.17. The van der Waals surface area contributed by atoms with Gasteiger partial charge in [-0.1, -0.05) is 12.1 Å². The van der Waals surface area contributed by atoms with Gasteiger partial charge in [-0.3, -0.25) is 5.10 Å². The lowest BCUT2D eigenvalue weighted by Crippen LogP contribution is -2.08. The summed E-state index contributed by atoms with van der Waals surface area (Å²) < 4.78 is 1.98. The van der Waals surface area contributed by atoms with Crippen LogP contribution in [0.2, 0.25) is 0 Å². The van der Waals surface area contributed by atoms with Crippen LogP contribution in [0.25, 0.3) is 11.0 Å². The van der Waals surface area contributed by atoms with Crippen molar-refractivity contribution in [3.63, 3.8) is 0 Å². The molecule has 6 heteroatoms. The summed E-state index contributed by atoms with van der Waals surface area (Å²) in [5.41, 5.74) is 1.98. The average molecular weight is 243 g/mol. The Morgan fingerprint density at radius 2 is 2.22 bits per heavy atom. The van der Waals surface area contributed by atoms with Crippen molar-refractivity contribution < 1.29 is 5.11 Å². The van der Waals surface area contributed by atoms with Crippen LogP contribution in [0.1, 0.15) is 17.8 Å². The SMILES string of the molecule is Cn1c(CC(O)c2ncn[nH]2)nc2ccccc21.